The lowest BCUT2D eigenvalue weighted by molar-refractivity contribution is -0.385. The number of nitrogens with one attached hydrogen (secondary N) is 1. The highest BCUT2D eigenvalue weighted by Gasteiger charge is 2.56. The van der Waals surface area contributed by atoms with E-state index in [0.29, 0.717) is 19.3 Å². The second-order valence-electron chi connectivity index (χ2n) is 14.3. The van der Waals surface area contributed by atoms with Crippen molar-refractivity contribution in [3.8, 4) is 0 Å². The zero-order valence-corrected chi connectivity index (χ0v) is 31.4. The van der Waals surface area contributed by atoms with E-state index in [9.17, 15) is 85.6 Å². The summed E-state index contributed by atoms with van der Waals surface area (Å²) in [6.45, 7) is -0.813. The topological polar surface area (TPSA) is 417 Å². The molecule has 0 saturated carbocycles. The van der Waals surface area contributed by atoms with Crippen molar-refractivity contribution in [3.63, 3.8) is 0 Å². The number of carboxylic acid groups (broad SMARTS) is 2. The molecule has 4 heterocycles. The van der Waals surface area contributed by atoms with Gasteiger partial charge in [0.2, 0.25) is 5.91 Å². The third-order valence-corrected chi connectivity index (χ3v) is 10.0. The number of amides is 1. The number of ether oxygens (including phenoxy) is 8. The van der Waals surface area contributed by atoms with Gasteiger partial charge in [0.25, 0.3) is 0 Å². The average molecular weight is 864 g/mol. The monoisotopic (exact) mass is 863 g/mol. The third-order valence-electron chi connectivity index (χ3n) is 10.0. The molecule has 1 amide bonds. The van der Waals surface area contributed by atoms with E-state index < -0.39 is 148 Å². The molecule has 0 aromatic carbocycles. The summed E-state index contributed by atoms with van der Waals surface area (Å²) in [6, 6.07) is 0. The predicted octanol–water partition coefficient (Wildman–Crippen LogP) is -8.27. The molecule has 0 aromatic rings. The van der Waals surface area contributed by atoms with Gasteiger partial charge in [0.05, 0.1) is 19.8 Å². The smallest absolute Gasteiger partial charge is 0.335 e. The fraction of sp³-hybridized carbons (Fsp3) is 0.879. The van der Waals surface area contributed by atoms with Crippen molar-refractivity contribution in [3.05, 3.63) is 0 Å². The van der Waals surface area contributed by atoms with Crippen LogP contribution in [0, 0.1) is 0 Å². The molecule has 4 saturated heterocycles. The van der Waals surface area contributed by atoms with Crippen LogP contribution < -0.4 is 5.32 Å². The lowest BCUT2D eigenvalue weighted by Gasteiger charge is -2.48. The van der Waals surface area contributed by atoms with E-state index in [0.717, 1.165) is 0 Å². The molecule has 0 aliphatic carbocycles. The van der Waals surface area contributed by atoms with E-state index in [2.05, 4.69) is 5.32 Å². The van der Waals surface area contributed by atoms with Gasteiger partial charge < -0.3 is 114 Å². The number of aliphatic hydroxyl groups is 11. The van der Waals surface area contributed by atoms with Crippen LogP contribution in [0.5, 0.6) is 0 Å². The minimum Gasteiger partial charge on any atom is -0.479 e. The molecule has 4 aliphatic heterocycles. The molecule has 20 unspecified atom stereocenters. The van der Waals surface area contributed by atoms with E-state index >= 15 is 0 Å². The van der Waals surface area contributed by atoms with Crippen LogP contribution in [-0.4, -0.2) is 239 Å². The Hall–Kier alpha value is -2.68. The molecule has 0 aromatic heterocycles. The van der Waals surface area contributed by atoms with E-state index in [4.69, 9.17) is 37.9 Å². The number of aliphatic hydroxyl groups excluding tert-OH is 11. The number of ketones is 1. The van der Waals surface area contributed by atoms with Crippen LogP contribution >= 0.6 is 0 Å². The Balaban J connectivity index is 1.40. The van der Waals surface area contributed by atoms with Crippen LogP contribution in [-0.2, 0) is 57.1 Å². The Labute approximate surface area is 334 Å². The van der Waals surface area contributed by atoms with Crippen molar-refractivity contribution in [1.29, 1.82) is 0 Å². The van der Waals surface area contributed by atoms with E-state index in [1.165, 1.54) is 6.92 Å². The predicted molar refractivity (Wildman–Crippen MR) is 181 cm³/mol. The number of Topliss-reactive ketones (excluding diaryl/α,β-unsaturated/α-hetero) is 1. The lowest BCUT2D eigenvalue weighted by atomic mass is 9.95. The maximum Gasteiger partial charge on any atom is 0.335 e. The Morgan fingerprint density at radius 1 is 0.525 bits per heavy atom. The normalized spacial score (nSPS) is 42.8. The highest BCUT2D eigenvalue weighted by Crippen LogP contribution is 2.34. The molecule has 59 heavy (non-hydrogen) atoms. The summed E-state index contributed by atoms with van der Waals surface area (Å²) in [4.78, 5) is 46.7. The van der Waals surface area contributed by atoms with Crippen LogP contribution in [0.1, 0.15) is 32.6 Å². The maximum absolute atomic E-state index is 12.1. The van der Waals surface area contributed by atoms with Gasteiger partial charge in [-0.3, -0.25) is 4.79 Å². The second-order valence-corrected chi connectivity index (χ2v) is 14.3. The molecule has 0 spiro atoms. The number of unbranched alkanes of at least 4 members (excludes halogenated alkanes) is 1. The van der Waals surface area contributed by atoms with Gasteiger partial charge in [0, 0.05) is 19.4 Å². The first-order valence-electron chi connectivity index (χ1n) is 18.6. The SMILES string of the molecule is CC(=O)CCCCC(=O)NCCOC1OC(CO)C(OC2OC(C(=O)O)C(O)C(OC3OC(CO)C(OC4OC(C(=O)O)C(O)C(O)C4O)C(O)C3O)C2O)C(O)C1O. The van der Waals surface area contributed by atoms with Gasteiger partial charge >= 0.3 is 11.9 Å². The number of rotatable bonds is 19. The number of aliphatic carboxylic acids is 2. The summed E-state index contributed by atoms with van der Waals surface area (Å²) >= 11 is 0. The van der Waals surface area contributed by atoms with Crippen molar-refractivity contribution < 1.29 is 123 Å². The molecule has 0 bridgehead atoms. The first kappa shape index (κ1) is 49.0. The molecular formula is C33H53NO25. The fourth-order valence-electron chi connectivity index (χ4n) is 6.75. The minimum absolute atomic E-state index is 0.000503. The van der Waals surface area contributed by atoms with Crippen LogP contribution in [0.2, 0.25) is 0 Å². The van der Waals surface area contributed by atoms with Crippen molar-refractivity contribution in [2.75, 3.05) is 26.4 Å². The number of hydrogen-bond acceptors (Lipinski definition) is 23. The Kier molecular flexibility index (Phi) is 18.2. The number of hydrogen-bond donors (Lipinski definition) is 14. The molecule has 26 nitrogen and oxygen atoms in total. The Bertz CT molecular complexity index is 1390. The molecule has 340 valence electrons. The number of carboxylic acids is 2. The van der Waals surface area contributed by atoms with Gasteiger partial charge in [0.15, 0.2) is 37.4 Å². The van der Waals surface area contributed by atoms with Gasteiger partial charge in [-0.15, -0.1) is 0 Å². The molecule has 14 N–H and O–H groups in total. The summed E-state index contributed by atoms with van der Waals surface area (Å²) in [6.07, 6.45) is -39.1. The van der Waals surface area contributed by atoms with E-state index in [-0.39, 0.29) is 31.3 Å². The summed E-state index contributed by atoms with van der Waals surface area (Å²) in [5, 5.41) is 138. The zero-order chi connectivity index (χ0) is 43.9. The van der Waals surface area contributed by atoms with Gasteiger partial charge in [-0.25, -0.2) is 9.59 Å². The maximum atomic E-state index is 12.1. The number of carbonyl (C=O) groups excluding carboxylic acids is 2. The highest BCUT2D eigenvalue weighted by molar-refractivity contribution is 5.77. The van der Waals surface area contributed by atoms with Crippen molar-refractivity contribution >= 4 is 23.6 Å². The molecule has 4 rings (SSSR count). The quantitative estimate of drug-likeness (QED) is 0.0536. The molecule has 4 aliphatic rings. The summed E-state index contributed by atoms with van der Waals surface area (Å²) < 4.78 is 43.2. The van der Waals surface area contributed by atoms with Gasteiger partial charge in [-0.1, -0.05) is 0 Å². The zero-order valence-electron chi connectivity index (χ0n) is 31.4. The largest absolute Gasteiger partial charge is 0.479 e. The highest BCUT2D eigenvalue weighted by atomic mass is 16.8. The summed E-state index contributed by atoms with van der Waals surface area (Å²) in [7, 11) is 0. The standard InChI is InChI=1S/C33H53NO25/c1-10(37)4-2-3-5-13(38)34-6-7-52-30-19(44)16(41)23(11(8-35)53-30)56-33-22(47)25(21(46)27(59-33)29(50)51)57-31-20(45)17(42)24(12(9-36)54-31)55-32-18(43)14(39)15(40)26(58-32)28(48)49/h11-12,14-27,30-33,35-36,39-47H,2-9H2,1H3,(H,34,38)(H,48,49)(H,50,51). The van der Waals surface area contributed by atoms with Crippen LogP contribution in [0.4, 0.5) is 0 Å². The van der Waals surface area contributed by atoms with Crippen molar-refractivity contribution in [2.24, 2.45) is 0 Å². The van der Waals surface area contributed by atoms with Crippen LogP contribution in [0.15, 0.2) is 0 Å². The van der Waals surface area contributed by atoms with Crippen LogP contribution in [0.25, 0.3) is 0 Å². The van der Waals surface area contributed by atoms with Crippen molar-refractivity contribution in [2.45, 2.75) is 155 Å². The molecule has 0 radical (unpaired) electrons. The van der Waals surface area contributed by atoms with Crippen molar-refractivity contribution in [1.82, 2.24) is 5.32 Å². The number of carbonyl (C=O) groups is 4. The lowest BCUT2D eigenvalue weighted by Crippen LogP contribution is -2.68. The van der Waals surface area contributed by atoms with E-state index in [1.54, 1.807) is 0 Å². The average Bonchev–Trinajstić information content (AvgIpc) is 3.19. The van der Waals surface area contributed by atoms with Gasteiger partial charge in [0.1, 0.15) is 91.2 Å². The van der Waals surface area contributed by atoms with E-state index in [1.807, 2.05) is 0 Å². The molecule has 4 fully saturated rings. The Morgan fingerprint density at radius 3 is 1.49 bits per heavy atom. The minimum atomic E-state index is -2.28. The Morgan fingerprint density at radius 2 is 0.966 bits per heavy atom. The molecular weight excluding hydrogens is 810 g/mol. The summed E-state index contributed by atoms with van der Waals surface area (Å²) in [5.74, 6) is -3.94. The first-order chi connectivity index (χ1) is 27.8. The van der Waals surface area contributed by atoms with Crippen LogP contribution in [0.3, 0.4) is 0 Å². The fourth-order valence-corrected chi connectivity index (χ4v) is 6.75. The third kappa shape index (κ3) is 11.8. The van der Waals surface area contributed by atoms with Gasteiger partial charge in [-0.05, 0) is 19.8 Å². The molecule has 26 heteroatoms. The summed E-state index contributed by atoms with van der Waals surface area (Å²) in [5.41, 5.74) is 0. The molecule has 20 atom stereocenters. The first-order valence-corrected chi connectivity index (χ1v) is 18.6. The van der Waals surface area contributed by atoms with Gasteiger partial charge in [-0.2, -0.15) is 0 Å². The second kappa shape index (κ2) is 21.9.